The van der Waals surface area contributed by atoms with E-state index in [4.69, 9.17) is 11.6 Å². The van der Waals surface area contributed by atoms with Gasteiger partial charge in [-0.25, -0.2) is 9.97 Å². The van der Waals surface area contributed by atoms with Gasteiger partial charge < -0.3 is 0 Å². The molecule has 0 aliphatic rings. The summed E-state index contributed by atoms with van der Waals surface area (Å²) in [5, 5.41) is 8.52. The first-order valence-corrected chi connectivity index (χ1v) is 7.10. The largest absolute Gasteiger partial charge is 0.214 e. The number of aromatic nitrogens is 5. The summed E-state index contributed by atoms with van der Waals surface area (Å²) in [6.07, 6.45) is 0. The lowest BCUT2D eigenvalue weighted by Gasteiger charge is -2.03. The predicted molar refractivity (Wildman–Crippen MR) is 84.9 cm³/mol. The first-order valence-electron chi connectivity index (χ1n) is 6.73. The van der Waals surface area contributed by atoms with Crippen LogP contribution in [0, 0.1) is 0 Å². The number of nitrogens with zero attached hydrogens (tertiary/aromatic N) is 5. The molecule has 0 spiro atoms. The molecule has 0 N–H and O–H groups in total. The average Bonchev–Trinajstić information content (AvgIpc) is 3.01. The Morgan fingerprint density at radius 1 is 0.818 bits per heavy atom. The molecule has 4 aromatic rings. The van der Waals surface area contributed by atoms with Crippen LogP contribution >= 0.6 is 11.6 Å². The lowest BCUT2D eigenvalue weighted by atomic mass is 10.2. The highest BCUT2D eigenvalue weighted by Gasteiger charge is 2.15. The Morgan fingerprint density at radius 2 is 1.50 bits per heavy atom. The fourth-order valence-corrected chi connectivity index (χ4v) is 2.44. The van der Waals surface area contributed by atoms with E-state index < -0.39 is 0 Å². The molecular weight excluding hydrogens is 298 g/mol. The Morgan fingerprint density at radius 3 is 2.23 bits per heavy atom. The van der Waals surface area contributed by atoms with Crippen molar-refractivity contribution in [1.29, 1.82) is 0 Å². The molecule has 0 unspecified atom stereocenters. The van der Waals surface area contributed by atoms with Crippen LogP contribution in [0.2, 0.25) is 5.15 Å². The molecule has 0 bridgehead atoms. The number of rotatable bonds is 2. The summed E-state index contributed by atoms with van der Waals surface area (Å²) < 4.78 is 1.66. The SMILES string of the molecule is Clc1nc(-c2ccccc2)nc2c1nnn2-c1ccccc1. The van der Waals surface area contributed by atoms with E-state index >= 15 is 0 Å². The molecule has 0 aliphatic heterocycles. The zero-order chi connectivity index (χ0) is 14.9. The van der Waals surface area contributed by atoms with Crippen LogP contribution in [0.1, 0.15) is 0 Å². The van der Waals surface area contributed by atoms with Crippen molar-refractivity contribution < 1.29 is 0 Å². The third-order valence-electron chi connectivity index (χ3n) is 3.29. The molecule has 6 heteroatoms. The van der Waals surface area contributed by atoms with Gasteiger partial charge >= 0.3 is 0 Å². The second-order valence-electron chi connectivity index (χ2n) is 4.71. The van der Waals surface area contributed by atoms with Gasteiger partial charge in [0.1, 0.15) is 0 Å². The minimum Gasteiger partial charge on any atom is -0.214 e. The van der Waals surface area contributed by atoms with Gasteiger partial charge in [-0.2, -0.15) is 4.68 Å². The summed E-state index contributed by atoms with van der Waals surface area (Å²) in [5.41, 5.74) is 2.85. The van der Waals surface area contributed by atoms with Gasteiger partial charge in [0.25, 0.3) is 0 Å². The van der Waals surface area contributed by atoms with E-state index in [1.165, 1.54) is 0 Å². The topological polar surface area (TPSA) is 56.5 Å². The number of para-hydroxylation sites is 1. The summed E-state index contributed by atoms with van der Waals surface area (Å²) >= 11 is 6.25. The first kappa shape index (κ1) is 12.9. The van der Waals surface area contributed by atoms with Gasteiger partial charge in [-0.05, 0) is 12.1 Å². The number of hydrogen-bond donors (Lipinski definition) is 0. The van der Waals surface area contributed by atoms with Crippen LogP contribution < -0.4 is 0 Å². The Hall–Kier alpha value is -2.79. The quantitative estimate of drug-likeness (QED) is 0.532. The van der Waals surface area contributed by atoms with Crippen molar-refractivity contribution in [1.82, 2.24) is 25.0 Å². The van der Waals surface area contributed by atoms with Crippen LogP contribution in [0.15, 0.2) is 60.7 Å². The van der Waals surface area contributed by atoms with Gasteiger partial charge in [0.05, 0.1) is 5.69 Å². The molecule has 0 fully saturated rings. The lowest BCUT2D eigenvalue weighted by molar-refractivity contribution is 0.817. The van der Waals surface area contributed by atoms with Crippen LogP contribution in [-0.4, -0.2) is 25.0 Å². The zero-order valence-electron chi connectivity index (χ0n) is 11.4. The second-order valence-corrected chi connectivity index (χ2v) is 5.07. The number of hydrogen-bond acceptors (Lipinski definition) is 4. The van der Waals surface area contributed by atoms with Crippen molar-refractivity contribution in [2.45, 2.75) is 0 Å². The number of benzene rings is 2. The molecule has 2 heterocycles. The van der Waals surface area contributed by atoms with Gasteiger partial charge in [-0.1, -0.05) is 65.3 Å². The van der Waals surface area contributed by atoms with Gasteiger partial charge in [0.2, 0.25) is 0 Å². The summed E-state index contributed by atoms with van der Waals surface area (Å²) in [4.78, 5) is 8.90. The molecule has 106 valence electrons. The third kappa shape index (κ3) is 2.12. The van der Waals surface area contributed by atoms with E-state index in [0.29, 0.717) is 22.1 Å². The Kier molecular flexibility index (Phi) is 3.05. The normalized spacial score (nSPS) is 11.0. The monoisotopic (exact) mass is 307 g/mol. The summed E-state index contributed by atoms with van der Waals surface area (Å²) in [6.45, 7) is 0. The standard InChI is InChI=1S/C16H10ClN5/c17-14-13-16(19-15(18-14)11-7-3-1-4-8-11)22(21-20-13)12-9-5-2-6-10-12/h1-10H. The molecule has 0 radical (unpaired) electrons. The fourth-order valence-electron chi connectivity index (χ4n) is 2.24. The number of halogens is 1. The Bertz CT molecular complexity index is 935. The summed E-state index contributed by atoms with van der Waals surface area (Å²) in [7, 11) is 0. The van der Waals surface area contributed by atoms with E-state index in [-0.39, 0.29) is 0 Å². The van der Waals surface area contributed by atoms with Crippen LogP contribution in [-0.2, 0) is 0 Å². The van der Waals surface area contributed by atoms with Crippen molar-refractivity contribution in [3.05, 3.63) is 65.8 Å². The van der Waals surface area contributed by atoms with Crippen LogP contribution in [0.25, 0.3) is 28.2 Å². The van der Waals surface area contributed by atoms with E-state index in [9.17, 15) is 0 Å². The van der Waals surface area contributed by atoms with Crippen molar-refractivity contribution in [2.75, 3.05) is 0 Å². The molecule has 0 saturated carbocycles. The van der Waals surface area contributed by atoms with Crippen molar-refractivity contribution >= 4 is 22.8 Å². The molecule has 22 heavy (non-hydrogen) atoms. The van der Waals surface area contributed by atoms with Gasteiger partial charge in [-0.3, -0.25) is 0 Å². The average molecular weight is 308 g/mol. The fraction of sp³-hybridized carbons (Fsp3) is 0. The second kappa shape index (κ2) is 5.20. The van der Waals surface area contributed by atoms with Crippen molar-refractivity contribution in [3.63, 3.8) is 0 Å². The molecule has 0 saturated heterocycles. The van der Waals surface area contributed by atoms with Crippen LogP contribution in [0.5, 0.6) is 0 Å². The minimum atomic E-state index is 0.297. The van der Waals surface area contributed by atoms with Crippen molar-refractivity contribution in [2.24, 2.45) is 0 Å². The third-order valence-corrected chi connectivity index (χ3v) is 3.55. The smallest absolute Gasteiger partial charge is 0.188 e. The molecule has 0 amide bonds. The molecule has 2 aromatic heterocycles. The Labute approximate surface area is 131 Å². The predicted octanol–water partition coefficient (Wildman–Crippen LogP) is 3.53. The Balaban J connectivity index is 1.97. The highest BCUT2D eigenvalue weighted by atomic mass is 35.5. The molecule has 5 nitrogen and oxygen atoms in total. The maximum atomic E-state index is 6.25. The highest BCUT2D eigenvalue weighted by molar-refractivity contribution is 6.33. The summed E-state index contributed by atoms with van der Waals surface area (Å²) in [6, 6.07) is 19.4. The van der Waals surface area contributed by atoms with Gasteiger partial charge in [0, 0.05) is 5.56 Å². The van der Waals surface area contributed by atoms with Gasteiger partial charge in [0.15, 0.2) is 22.1 Å². The molecular formula is C16H10ClN5. The number of fused-ring (bicyclic) bond motifs is 1. The minimum absolute atomic E-state index is 0.297. The van der Waals surface area contributed by atoms with E-state index in [2.05, 4.69) is 20.3 Å². The van der Waals surface area contributed by atoms with Gasteiger partial charge in [-0.15, -0.1) is 5.10 Å². The maximum Gasteiger partial charge on any atom is 0.188 e. The summed E-state index contributed by atoms with van der Waals surface area (Å²) in [5.74, 6) is 0.553. The van der Waals surface area contributed by atoms with Crippen molar-refractivity contribution in [3.8, 4) is 17.1 Å². The maximum absolute atomic E-state index is 6.25. The lowest BCUT2D eigenvalue weighted by Crippen LogP contribution is -1.99. The van der Waals surface area contributed by atoms with E-state index in [0.717, 1.165) is 11.3 Å². The van der Waals surface area contributed by atoms with E-state index in [1.807, 2.05) is 60.7 Å². The van der Waals surface area contributed by atoms with E-state index in [1.54, 1.807) is 4.68 Å². The first-order chi connectivity index (χ1) is 10.8. The molecule has 0 aliphatic carbocycles. The molecule has 4 rings (SSSR count). The zero-order valence-corrected chi connectivity index (χ0v) is 12.1. The van der Waals surface area contributed by atoms with Crippen LogP contribution in [0.3, 0.4) is 0 Å². The highest BCUT2D eigenvalue weighted by Crippen LogP contribution is 2.24. The molecule has 2 aromatic carbocycles. The van der Waals surface area contributed by atoms with Crippen LogP contribution in [0.4, 0.5) is 0 Å². The molecule has 0 atom stereocenters.